The summed E-state index contributed by atoms with van der Waals surface area (Å²) in [5.74, 6) is 0.928. The fraction of sp³-hybridized carbons (Fsp3) is 0.733. The van der Waals surface area contributed by atoms with Gasteiger partial charge in [0, 0.05) is 28.9 Å². The third kappa shape index (κ3) is 5.18. The molecule has 1 heterocycles. The molecule has 0 aromatic carbocycles. The number of guanidine groups is 1. The predicted octanol–water partition coefficient (Wildman–Crippen LogP) is 3.04. The molecular formula is C15H26N4S2. The lowest BCUT2D eigenvalue weighted by Gasteiger charge is -2.17. The largest absolute Gasteiger partial charge is 0.357 e. The van der Waals surface area contributed by atoms with E-state index in [-0.39, 0.29) is 0 Å². The van der Waals surface area contributed by atoms with Crippen LogP contribution in [0, 0.1) is 0 Å². The fourth-order valence-corrected chi connectivity index (χ4v) is 4.11. The first-order valence-electron chi connectivity index (χ1n) is 7.76. The number of hydrogen-bond acceptors (Lipinski definition) is 4. The number of nitrogens with one attached hydrogen (secondary N) is 2. The fourth-order valence-electron chi connectivity index (χ4n) is 2.53. The monoisotopic (exact) mass is 326 g/mol. The van der Waals surface area contributed by atoms with E-state index in [1.165, 1.54) is 24.1 Å². The van der Waals surface area contributed by atoms with E-state index in [0.29, 0.717) is 12.6 Å². The summed E-state index contributed by atoms with van der Waals surface area (Å²) in [6, 6.07) is 0.558. The van der Waals surface area contributed by atoms with Crippen molar-refractivity contribution in [3.05, 3.63) is 16.1 Å². The molecule has 1 aromatic heterocycles. The van der Waals surface area contributed by atoms with Crippen LogP contribution < -0.4 is 10.6 Å². The maximum Gasteiger partial charge on any atom is 0.191 e. The van der Waals surface area contributed by atoms with Gasteiger partial charge in [-0.05, 0) is 38.9 Å². The first-order chi connectivity index (χ1) is 10.2. The van der Waals surface area contributed by atoms with Crippen LogP contribution >= 0.6 is 23.1 Å². The summed E-state index contributed by atoms with van der Waals surface area (Å²) in [6.07, 6.45) is 9.02. The molecule has 0 spiro atoms. The zero-order chi connectivity index (χ0) is 15.1. The number of aromatic nitrogens is 1. The number of aliphatic imine (C=N–C) groups is 1. The van der Waals surface area contributed by atoms with E-state index in [1.807, 2.05) is 18.0 Å². The first kappa shape index (κ1) is 16.6. The summed E-state index contributed by atoms with van der Waals surface area (Å²) >= 11 is 3.75. The molecule has 0 bridgehead atoms. The van der Waals surface area contributed by atoms with Gasteiger partial charge in [-0.2, -0.15) is 11.8 Å². The number of thiazole rings is 1. The van der Waals surface area contributed by atoms with Crippen molar-refractivity contribution in [3.63, 3.8) is 0 Å². The Morgan fingerprint density at radius 2 is 2.33 bits per heavy atom. The SMILES string of the molecule is CCNC(=NCc1ncc(CC)s1)NC1CCC(SC)C1. The topological polar surface area (TPSA) is 49.3 Å². The van der Waals surface area contributed by atoms with E-state index in [0.717, 1.165) is 29.2 Å². The quantitative estimate of drug-likeness (QED) is 0.623. The third-order valence-corrected chi connectivity index (χ3v) is 5.95. The second-order valence-corrected chi connectivity index (χ2v) is 7.62. The molecule has 2 rings (SSSR count). The molecule has 2 atom stereocenters. The maximum atomic E-state index is 4.68. The molecule has 1 fully saturated rings. The van der Waals surface area contributed by atoms with Crippen LogP contribution in [0.1, 0.15) is 43.0 Å². The lowest BCUT2D eigenvalue weighted by Crippen LogP contribution is -2.42. The van der Waals surface area contributed by atoms with Crippen molar-refractivity contribution in [2.45, 2.75) is 57.4 Å². The molecular weight excluding hydrogens is 300 g/mol. The summed E-state index contributed by atoms with van der Waals surface area (Å²) in [4.78, 5) is 10.4. The first-order valence-corrected chi connectivity index (χ1v) is 9.86. The average molecular weight is 327 g/mol. The maximum absolute atomic E-state index is 4.68. The van der Waals surface area contributed by atoms with Gasteiger partial charge in [-0.1, -0.05) is 6.92 Å². The van der Waals surface area contributed by atoms with E-state index in [2.05, 4.69) is 40.7 Å². The predicted molar refractivity (Wildman–Crippen MR) is 94.4 cm³/mol. The third-order valence-electron chi connectivity index (χ3n) is 3.73. The molecule has 1 aliphatic rings. The van der Waals surface area contributed by atoms with Gasteiger partial charge in [0.2, 0.25) is 0 Å². The highest BCUT2D eigenvalue weighted by Crippen LogP contribution is 2.28. The highest BCUT2D eigenvalue weighted by atomic mass is 32.2. The number of nitrogens with zero attached hydrogens (tertiary/aromatic N) is 2. The lowest BCUT2D eigenvalue weighted by molar-refractivity contribution is 0.615. The zero-order valence-electron chi connectivity index (χ0n) is 13.2. The van der Waals surface area contributed by atoms with E-state index in [4.69, 9.17) is 0 Å². The van der Waals surface area contributed by atoms with Crippen LogP contribution in [0.15, 0.2) is 11.2 Å². The Balaban J connectivity index is 1.89. The Labute approximate surface area is 136 Å². The summed E-state index contributed by atoms with van der Waals surface area (Å²) in [7, 11) is 0. The minimum Gasteiger partial charge on any atom is -0.357 e. The lowest BCUT2D eigenvalue weighted by atomic mass is 10.2. The van der Waals surface area contributed by atoms with Gasteiger partial charge in [-0.3, -0.25) is 0 Å². The van der Waals surface area contributed by atoms with Crippen LogP contribution in [0.5, 0.6) is 0 Å². The van der Waals surface area contributed by atoms with Crippen molar-refractivity contribution in [3.8, 4) is 0 Å². The van der Waals surface area contributed by atoms with Crippen molar-refractivity contribution in [1.29, 1.82) is 0 Å². The molecule has 6 heteroatoms. The minimum atomic E-state index is 0.558. The molecule has 0 aliphatic heterocycles. The van der Waals surface area contributed by atoms with Crippen LogP contribution in [0.25, 0.3) is 0 Å². The molecule has 2 N–H and O–H groups in total. The van der Waals surface area contributed by atoms with Crippen LogP contribution in [0.3, 0.4) is 0 Å². The van der Waals surface area contributed by atoms with Crippen LogP contribution in [0.2, 0.25) is 0 Å². The van der Waals surface area contributed by atoms with Gasteiger partial charge in [0.1, 0.15) is 5.01 Å². The molecule has 0 amide bonds. The number of thioether (sulfide) groups is 1. The second kappa shape index (κ2) is 8.63. The van der Waals surface area contributed by atoms with E-state index < -0.39 is 0 Å². The molecule has 4 nitrogen and oxygen atoms in total. The number of rotatable bonds is 6. The van der Waals surface area contributed by atoms with Gasteiger partial charge in [-0.25, -0.2) is 9.98 Å². The van der Waals surface area contributed by atoms with E-state index >= 15 is 0 Å². The minimum absolute atomic E-state index is 0.558. The molecule has 21 heavy (non-hydrogen) atoms. The van der Waals surface area contributed by atoms with Gasteiger partial charge in [0.15, 0.2) is 5.96 Å². The van der Waals surface area contributed by atoms with Gasteiger partial charge in [0.25, 0.3) is 0 Å². The molecule has 118 valence electrons. The normalized spacial score (nSPS) is 22.5. The highest BCUT2D eigenvalue weighted by molar-refractivity contribution is 7.99. The standard InChI is InChI=1S/C15H26N4S2/c1-4-12-9-17-14(21-12)10-18-15(16-5-2)19-11-6-7-13(8-11)20-3/h9,11,13H,4-8,10H2,1-3H3,(H2,16,18,19). The van der Waals surface area contributed by atoms with Crippen molar-refractivity contribution < 1.29 is 0 Å². The average Bonchev–Trinajstić information content (AvgIpc) is 3.13. The zero-order valence-corrected chi connectivity index (χ0v) is 14.8. The molecule has 1 saturated carbocycles. The van der Waals surface area contributed by atoms with Gasteiger partial charge in [-0.15, -0.1) is 11.3 Å². The van der Waals surface area contributed by atoms with Crippen molar-refractivity contribution in [1.82, 2.24) is 15.6 Å². The van der Waals surface area contributed by atoms with E-state index in [1.54, 1.807) is 11.3 Å². The van der Waals surface area contributed by atoms with Crippen molar-refractivity contribution in [2.75, 3.05) is 12.8 Å². The summed E-state index contributed by atoms with van der Waals surface area (Å²) in [5, 5.41) is 8.81. The highest BCUT2D eigenvalue weighted by Gasteiger charge is 2.24. The second-order valence-electron chi connectivity index (χ2n) is 5.28. The molecule has 1 aliphatic carbocycles. The van der Waals surface area contributed by atoms with Gasteiger partial charge < -0.3 is 10.6 Å². The summed E-state index contributed by atoms with van der Waals surface area (Å²) in [5.41, 5.74) is 0. The number of hydrogen-bond donors (Lipinski definition) is 2. The van der Waals surface area contributed by atoms with Crippen LogP contribution in [-0.4, -0.2) is 35.0 Å². The van der Waals surface area contributed by atoms with Gasteiger partial charge in [0.05, 0.1) is 6.54 Å². The summed E-state index contributed by atoms with van der Waals surface area (Å²) < 4.78 is 0. The summed E-state index contributed by atoms with van der Waals surface area (Å²) in [6.45, 7) is 5.82. The van der Waals surface area contributed by atoms with Crippen LogP contribution in [0.4, 0.5) is 0 Å². The molecule has 1 aromatic rings. The smallest absolute Gasteiger partial charge is 0.191 e. The Bertz CT molecular complexity index is 458. The molecule has 2 unspecified atom stereocenters. The Kier molecular flexibility index (Phi) is 6.83. The van der Waals surface area contributed by atoms with Crippen molar-refractivity contribution >= 4 is 29.1 Å². The van der Waals surface area contributed by atoms with Gasteiger partial charge >= 0.3 is 0 Å². The molecule has 0 saturated heterocycles. The van der Waals surface area contributed by atoms with Crippen molar-refractivity contribution in [2.24, 2.45) is 4.99 Å². The Morgan fingerprint density at radius 1 is 1.48 bits per heavy atom. The van der Waals surface area contributed by atoms with Crippen LogP contribution in [-0.2, 0) is 13.0 Å². The Hall–Kier alpha value is -0.750. The Morgan fingerprint density at radius 3 is 2.95 bits per heavy atom. The number of aryl methyl sites for hydroxylation is 1. The molecule has 0 radical (unpaired) electrons. The van der Waals surface area contributed by atoms with E-state index in [9.17, 15) is 0 Å².